The molecule has 7 heteroatoms. The summed E-state index contributed by atoms with van der Waals surface area (Å²) in [6, 6.07) is 7.97. The Morgan fingerprint density at radius 3 is 2.57 bits per heavy atom. The van der Waals surface area contributed by atoms with E-state index in [1.165, 1.54) is 9.71 Å². The number of sulfone groups is 1. The van der Waals surface area contributed by atoms with Gasteiger partial charge in [-0.3, -0.25) is 4.90 Å². The maximum atomic E-state index is 11.7. The number of piperidine rings is 1. The topological polar surface area (TPSA) is 70.5 Å². The van der Waals surface area contributed by atoms with Crippen molar-refractivity contribution in [2.45, 2.75) is 30.9 Å². The number of hydrogen-bond acceptors (Lipinski definition) is 6. The summed E-state index contributed by atoms with van der Waals surface area (Å²) in [6.45, 7) is 1.66. The molecule has 5 nitrogen and oxygen atoms in total. The molecule has 2 aromatic rings. The van der Waals surface area contributed by atoms with Gasteiger partial charge in [-0.05, 0) is 38.1 Å². The first-order chi connectivity index (χ1) is 11.0. The molecular formula is C16H20N2O3S2. The van der Waals surface area contributed by atoms with Gasteiger partial charge in [-0.1, -0.05) is 12.1 Å². The summed E-state index contributed by atoms with van der Waals surface area (Å²) in [5, 5.41) is 11.2. The Morgan fingerprint density at radius 1 is 1.17 bits per heavy atom. The summed E-state index contributed by atoms with van der Waals surface area (Å²) in [5.74, 6) is 0.453. The lowest BCUT2D eigenvalue weighted by Crippen LogP contribution is -2.46. The van der Waals surface area contributed by atoms with Gasteiger partial charge >= 0.3 is 0 Å². The molecule has 0 aliphatic carbocycles. The summed E-state index contributed by atoms with van der Waals surface area (Å²) >= 11 is 1.76. The second kappa shape index (κ2) is 5.81. The quantitative estimate of drug-likeness (QED) is 0.890. The monoisotopic (exact) mass is 352 g/mol. The third-order valence-corrected chi connectivity index (χ3v) is 7.85. The fraction of sp³-hybridized carbons (Fsp3) is 0.562. The Labute approximate surface area is 139 Å². The van der Waals surface area contributed by atoms with E-state index in [0.29, 0.717) is 5.92 Å². The number of aliphatic hydroxyl groups excluding tert-OH is 1. The number of para-hydroxylation sites is 1. The lowest BCUT2D eigenvalue weighted by molar-refractivity contribution is 0.0664. The second-order valence-electron chi connectivity index (χ2n) is 6.54. The molecule has 124 valence electrons. The average molecular weight is 352 g/mol. The van der Waals surface area contributed by atoms with Crippen molar-refractivity contribution in [3.63, 3.8) is 0 Å². The van der Waals surface area contributed by atoms with Crippen LogP contribution in [0.25, 0.3) is 10.2 Å². The van der Waals surface area contributed by atoms with Crippen LogP contribution < -0.4 is 0 Å². The summed E-state index contributed by atoms with van der Waals surface area (Å²) in [7, 11) is -3.08. The van der Waals surface area contributed by atoms with Crippen molar-refractivity contribution in [2.24, 2.45) is 0 Å². The van der Waals surface area contributed by atoms with Gasteiger partial charge in [0.2, 0.25) is 0 Å². The number of nitrogens with zero attached hydrogens (tertiary/aromatic N) is 2. The highest BCUT2D eigenvalue weighted by Gasteiger charge is 2.41. The maximum absolute atomic E-state index is 11.7. The Morgan fingerprint density at radius 2 is 1.91 bits per heavy atom. The summed E-state index contributed by atoms with van der Waals surface area (Å²) < 4.78 is 24.6. The van der Waals surface area contributed by atoms with Gasteiger partial charge in [-0.2, -0.15) is 0 Å². The molecule has 0 saturated carbocycles. The van der Waals surface area contributed by atoms with Crippen molar-refractivity contribution in [1.82, 2.24) is 9.88 Å². The first kappa shape index (κ1) is 15.5. The van der Waals surface area contributed by atoms with Gasteiger partial charge in [-0.15, -0.1) is 11.3 Å². The van der Waals surface area contributed by atoms with E-state index in [1.54, 1.807) is 11.3 Å². The molecule has 2 atom stereocenters. The molecule has 3 heterocycles. The van der Waals surface area contributed by atoms with E-state index in [2.05, 4.69) is 11.0 Å². The van der Waals surface area contributed by atoms with Crippen LogP contribution in [0.4, 0.5) is 0 Å². The van der Waals surface area contributed by atoms with Crippen molar-refractivity contribution in [1.29, 1.82) is 0 Å². The van der Waals surface area contributed by atoms with Crippen LogP contribution in [-0.4, -0.2) is 60.1 Å². The molecule has 0 bridgehead atoms. The van der Waals surface area contributed by atoms with Crippen molar-refractivity contribution >= 4 is 31.4 Å². The fourth-order valence-corrected chi connectivity index (χ4v) is 6.67. The Balaban J connectivity index is 1.45. The molecule has 1 aromatic heterocycles. The van der Waals surface area contributed by atoms with Gasteiger partial charge < -0.3 is 5.11 Å². The predicted octanol–water partition coefficient (Wildman–Crippen LogP) is 1.63. The Kier molecular flexibility index (Phi) is 3.91. The van der Waals surface area contributed by atoms with Crippen LogP contribution in [0, 0.1) is 0 Å². The van der Waals surface area contributed by atoms with E-state index in [9.17, 15) is 13.5 Å². The van der Waals surface area contributed by atoms with Gasteiger partial charge in [0.05, 0.1) is 38.9 Å². The van der Waals surface area contributed by atoms with E-state index in [0.717, 1.165) is 31.4 Å². The first-order valence-corrected chi connectivity index (χ1v) is 10.6. The SMILES string of the molecule is O=S1(=O)C[C@@H](O)[C@@H](N2CCC(c3nc4ccccc4s3)CC2)C1. The molecule has 23 heavy (non-hydrogen) atoms. The van der Waals surface area contributed by atoms with E-state index in [1.807, 2.05) is 18.2 Å². The lowest BCUT2D eigenvalue weighted by atomic mass is 9.96. The standard InChI is InChI=1S/C16H20N2O3S2/c19-14-10-23(20,21)9-13(14)18-7-5-11(6-8-18)16-17-12-3-1-2-4-15(12)22-16/h1-4,11,13-14,19H,5-10H2/t13-,14+/m0/s1. The highest BCUT2D eigenvalue weighted by Crippen LogP contribution is 2.35. The number of likely N-dealkylation sites (tertiary alicyclic amines) is 1. The normalized spacial score (nSPS) is 29.3. The summed E-state index contributed by atoms with van der Waals surface area (Å²) in [4.78, 5) is 6.90. The minimum absolute atomic E-state index is 0.0878. The zero-order valence-corrected chi connectivity index (χ0v) is 14.4. The summed E-state index contributed by atoms with van der Waals surface area (Å²) in [5.41, 5.74) is 1.06. The summed E-state index contributed by atoms with van der Waals surface area (Å²) in [6.07, 6.45) is 1.21. The number of benzene rings is 1. The van der Waals surface area contributed by atoms with Crippen LogP contribution in [0.2, 0.25) is 0 Å². The molecule has 2 saturated heterocycles. The van der Waals surface area contributed by atoms with Crippen LogP contribution in [0.5, 0.6) is 0 Å². The van der Waals surface area contributed by atoms with Gasteiger partial charge in [0.1, 0.15) is 0 Å². The zero-order chi connectivity index (χ0) is 16.0. The second-order valence-corrected chi connectivity index (χ2v) is 9.76. The van der Waals surface area contributed by atoms with Crippen molar-refractivity contribution in [3.05, 3.63) is 29.3 Å². The highest BCUT2D eigenvalue weighted by atomic mass is 32.2. The number of aromatic nitrogens is 1. The highest BCUT2D eigenvalue weighted by molar-refractivity contribution is 7.91. The van der Waals surface area contributed by atoms with Crippen molar-refractivity contribution in [3.8, 4) is 0 Å². The van der Waals surface area contributed by atoms with Gasteiger partial charge in [-0.25, -0.2) is 13.4 Å². The number of fused-ring (bicyclic) bond motifs is 1. The lowest BCUT2D eigenvalue weighted by Gasteiger charge is -2.36. The van der Waals surface area contributed by atoms with Crippen molar-refractivity contribution in [2.75, 3.05) is 24.6 Å². The molecule has 2 aliphatic heterocycles. The first-order valence-electron chi connectivity index (χ1n) is 8.00. The van der Waals surface area contributed by atoms with Crippen LogP contribution in [0.1, 0.15) is 23.8 Å². The smallest absolute Gasteiger partial charge is 0.154 e. The zero-order valence-electron chi connectivity index (χ0n) is 12.8. The van der Waals surface area contributed by atoms with Crippen LogP contribution >= 0.6 is 11.3 Å². The number of hydrogen-bond donors (Lipinski definition) is 1. The molecule has 2 fully saturated rings. The van der Waals surface area contributed by atoms with Crippen LogP contribution in [0.15, 0.2) is 24.3 Å². The van der Waals surface area contributed by atoms with Gasteiger partial charge in [0.25, 0.3) is 0 Å². The van der Waals surface area contributed by atoms with E-state index in [-0.39, 0.29) is 17.5 Å². The molecule has 0 amide bonds. The van der Waals surface area contributed by atoms with E-state index in [4.69, 9.17) is 4.98 Å². The van der Waals surface area contributed by atoms with E-state index < -0.39 is 15.9 Å². The molecule has 4 rings (SSSR count). The minimum atomic E-state index is -3.08. The number of rotatable bonds is 2. The Bertz CT molecular complexity index is 777. The number of aliphatic hydroxyl groups is 1. The van der Waals surface area contributed by atoms with Crippen LogP contribution in [0.3, 0.4) is 0 Å². The maximum Gasteiger partial charge on any atom is 0.154 e. The third kappa shape index (κ3) is 3.03. The van der Waals surface area contributed by atoms with Gasteiger partial charge in [0, 0.05) is 5.92 Å². The molecule has 0 unspecified atom stereocenters. The molecule has 1 aromatic carbocycles. The minimum Gasteiger partial charge on any atom is -0.390 e. The average Bonchev–Trinajstić information content (AvgIpc) is 3.07. The molecule has 0 radical (unpaired) electrons. The molecule has 2 aliphatic rings. The van der Waals surface area contributed by atoms with Crippen LogP contribution in [-0.2, 0) is 9.84 Å². The predicted molar refractivity (Wildman–Crippen MR) is 91.6 cm³/mol. The number of thiazole rings is 1. The van der Waals surface area contributed by atoms with E-state index >= 15 is 0 Å². The largest absolute Gasteiger partial charge is 0.390 e. The fourth-order valence-electron chi connectivity index (χ4n) is 3.70. The van der Waals surface area contributed by atoms with Gasteiger partial charge in [0.15, 0.2) is 9.84 Å². The van der Waals surface area contributed by atoms with Crippen molar-refractivity contribution < 1.29 is 13.5 Å². The molecule has 0 spiro atoms. The molecule has 1 N–H and O–H groups in total. The molecular weight excluding hydrogens is 332 g/mol. The Hall–Kier alpha value is -1.02. The third-order valence-electron chi connectivity index (χ3n) is 4.95.